The van der Waals surface area contributed by atoms with E-state index in [0.29, 0.717) is 16.7 Å². The Morgan fingerprint density at radius 2 is 2.00 bits per heavy atom. The minimum Gasteiger partial charge on any atom is -0.394 e. The molecule has 4 atom stereocenters. The van der Waals surface area contributed by atoms with E-state index in [1.165, 1.54) is 22.0 Å². The maximum atomic E-state index is 10.2. The summed E-state index contributed by atoms with van der Waals surface area (Å²) in [7, 11) is 0. The zero-order valence-electron chi connectivity index (χ0n) is 15.2. The number of anilines is 1. The molecule has 4 rings (SSSR count). The molecule has 0 spiro atoms. The number of aliphatic hydroxyl groups excluding tert-OH is 3. The van der Waals surface area contributed by atoms with E-state index in [9.17, 15) is 15.3 Å². The highest BCUT2D eigenvalue weighted by Gasteiger charge is 2.44. The van der Waals surface area contributed by atoms with Crippen molar-refractivity contribution in [2.24, 2.45) is 0 Å². The van der Waals surface area contributed by atoms with Crippen molar-refractivity contribution in [1.29, 1.82) is 5.26 Å². The van der Waals surface area contributed by atoms with Crippen molar-refractivity contribution in [2.75, 3.05) is 12.3 Å². The van der Waals surface area contributed by atoms with Crippen molar-refractivity contribution >= 4 is 17.0 Å². The summed E-state index contributed by atoms with van der Waals surface area (Å²) in [5.41, 5.74) is 8.19. The third kappa shape index (κ3) is 3.34. The van der Waals surface area contributed by atoms with E-state index >= 15 is 0 Å². The van der Waals surface area contributed by atoms with Gasteiger partial charge in [-0.3, -0.25) is 4.57 Å². The van der Waals surface area contributed by atoms with Crippen LogP contribution >= 0.6 is 0 Å². The minimum atomic E-state index is -1.26. The van der Waals surface area contributed by atoms with Crippen molar-refractivity contribution in [2.45, 2.75) is 31.1 Å². The molecule has 11 nitrogen and oxygen atoms in total. The predicted molar refractivity (Wildman–Crippen MR) is 96.6 cm³/mol. The maximum absolute atomic E-state index is 10.2. The Labute approximate surface area is 164 Å². The average molecular weight is 399 g/mol. The molecule has 0 bridgehead atoms. The van der Waals surface area contributed by atoms with Gasteiger partial charge in [-0.2, -0.15) is 5.26 Å². The third-order valence-corrected chi connectivity index (χ3v) is 4.78. The lowest BCUT2D eigenvalue weighted by atomic mass is 10.1. The lowest BCUT2D eigenvalue weighted by molar-refractivity contribution is -0.885. The zero-order chi connectivity index (χ0) is 20.5. The van der Waals surface area contributed by atoms with Crippen LogP contribution in [0.4, 0.5) is 5.82 Å². The molecule has 0 radical (unpaired) electrons. The summed E-state index contributed by atoms with van der Waals surface area (Å²) in [5, 5.41) is 38.3. The molecule has 0 aliphatic carbocycles. The monoisotopic (exact) mass is 399 g/mol. The molecule has 3 aromatic rings. The Kier molecular flexibility index (Phi) is 4.99. The summed E-state index contributed by atoms with van der Waals surface area (Å²) < 4.78 is 8.23. The smallest absolute Gasteiger partial charge is 0.289 e. The minimum absolute atomic E-state index is 0.189. The molecule has 1 aliphatic rings. The highest BCUT2D eigenvalue weighted by Crippen LogP contribution is 2.31. The van der Waals surface area contributed by atoms with E-state index in [1.807, 2.05) is 0 Å². The molecule has 29 heavy (non-hydrogen) atoms. The first-order chi connectivity index (χ1) is 14.0. The standard InChI is InChI=1S/C18H18N6O5/c19-5-10-1-3-11(4-2-10)7-28-24-9-22-17-13(16(24)20)21-8-23(17)18-15(27)14(26)12(6-25)29-18/h1-4,8-9,12,14-15,18,20,25-27H,6-7H2/p+1/t12-,14-,15-,18-/m1/s1. The van der Waals surface area contributed by atoms with Gasteiger partial charge in [0.25, 0.3) is 12.1 Å². The molecule has 1 saturated heterocycles. The van der Waals surface area contributed by atoms with Gasteiger partial charge in [0.15, 0.2) is 12.8 Å². The van der Waals surface area contributed by atoms with E-state index in [4.69, 9.17) is 20.6 Å². The number of nitrogens with two attached hydrogens (primary N) is 1. The summed E-state index contributed by atoms with van der Waals surface area (Å²) in [4.78, 5) is 14.1. The molecule has 1 fully saturated rings. The molecule has 5 N–H and O–H groups in total. The molecule has 150 valence electrons. The van der Waals surface area contributed by atoms with Gasteiger partial charge < -0.3 is 30.6 Å². The first-order valence-corrected chi connectivity index (χ1v) is 8.81. The van der Waals surface area contributed by atoms with Crippen LogP contribution in [-0.4, -0.2) is 54.8 Å². The molecule has 2 aromatic heterocycles. The molecular weight excluding hydrogens is 380 g/mol. The number of aromatic nitrogens is 4. The van der Waals surface area contributed by atoms with Crippen LogP contribution in [0.15, 0.2) is 36.9 Å². The summed E-state index contributed by atoms with van der Waals surface area (Å²) >= 11 is 0. The Morgan fingerprint density at radius 3 is 2.66 bits per heavy atom. The fourth-order valence-corrected chi connectivity index (χ4v) is 3.16. The number of fused-ring (bicyclic) bond motifs is 1. The van der Waals surface area contributed by atoms with Crippen molar-refractivity contribution in [3.05, 3.63) is 48.0 Å². The first-order valence-electron chi connectivity index (χ1n) is 8.81. The molecule has 11 heteroatoms. The van der Waals surface area contributed by atoms with Gasteiger partial charge >= 0.3 is 0 Å². The summed E-state index contributed by atoms with van der Waals surface area (Å²) in [6.07, 6.45) is -1.61. The Balaban J connectivity index is 1.56. The highest BCUT2D eigenvalue weighted by molar-refractivity contribution is 5.79. The van der Waals surface area contributed by atoms with Crippen molar-refractivity contribution in [1.82, 2.24) is 14.5 Å². The third-order valence-electron chi connectivity index (χ3n) is 4.78. The van der Waals surface area contributed by atoms with Crippen molar-refractivity contribution in [3.63, 3.8) is 0 Å². The van der Waals surface area contributed by atoms with Gasteiger partial charge in [0.05, 0.1) is 18.2 Å². The second-order valence-electron chi connectivity index (χ2n) is 6.59. The van der Waals surface area contributed by atoms with Gasteiger partial charge in [0.2, 0.25) is 11.2 Å². The summed E-state index contributed by atoms with van der Waals surface area (Å²) in [5.74, 6) is 0.189. The molecule has 1 aliphatic heterocycles. The fraction of sp³-hybridized carbons (Fsp3) is 0.333. The molecule has 0 unspecified atom stereocenters. The van der Waals surface area contributed by atoms with Crippen LogP contribution in [0.25, 0.3) is 11.2 Å². The van der Waals surface area contributed by atoms with E-state index in [2.05, 4.69) is 16.0 Å². The number of aliphatic hydroxyl groups is 3. The number of nitriles is 1. The quantitative estimate of drug-likeness (QED) is 0.370. The fourth-order valence-electron chi connectivity index (χ4n) is 3.16. The van der Waals surface area contributed by atoms with Crippen LogP contribution in [0.5, 0.6) is 0 Å². The lowest BCUT2D eigenvalue weighted by Gasteiger charge is -2.15. The zero-order valence-corrected chi connectivity index (χ0v) is 15.2. The Bertz CT molecular complexity index is 1060. The Morgan fingerprint density at radius 1 is 1.24 bits per heavy atom. The lowest BCUT2D eigenvalue weighted by Crippen LogP contribution is -2.45. The number of hydrogen-bond acceptors (Lipinski definition) is 9. The number of nitrogens with zero attached hydrogens (tertiary/aromatic N) is 5. The Hall–Kier alpha value is -3.30. The normalized spacial score (nSPS) is 23.9. The number of imidazole rings is 1. The van der Waals surface area contributed by atoms with Gasteiger partial charge in [0, 0.05) is 0 Å². The average Bonchev–Trinajstić information content (AvgIpc) is 3.29. The first kappa shape index (κ1) is 19.0. The number of hydrogen-bond donors (Lipinski definition) is 4. The van der Waals surface area contributed by atoms with Crippen LogP contribution in [-0.2, 0) is 11.3 Å². The molecule has 3 heterocycles. The maximum Gasteiger partial charge on any atom is 0.289 e. The van der Waals surface area contributed by atoms with E-state index in [1.54, 1.807) is 24.3 Å². The SMILES string of the molecule is N#Cc1ccc(CO[n+]2cnc3c(ncn3[C@@H]3O[C@H](CO)[C@@H](O)[C@H]3O)c2N)cc1. The molecule has 0 amide bonds. The molecular formula is C18H19N6O5+. The second kappa shape index (κ2) is 7.61. The van der Waals surface area contributed by atoms with Gasteiger partial charge in [-0.1, -0.05) is 21.8 Å². The van der Waals surface area contributed by atoms with Crippen LogP contribution in [0.1, 0.15) is 17.4 Å². The largest absolute Gasteiger partial charge is 0.394 e. The van der Waals surface area contributed by atoms with Crippen LogP contribution in [0.3, 0.4) is 0 Å². The highest BCUT2D eigenvalue weighted by atomic mass is 16.7. The topological polar surface area (TPSA) is 164 Å². The number of rotatable bonds is 5. The van der Waals surface area contributed by atoms with E-state index in [-0.39, 0.29) is 12.4 Å². The van der Waals surface area contributed by atoms with E-state index < -0.39 is 31.1 Å². The van der Waals surface area contributed by atoms with Gasteiger partial charge in [-0.25, -0.2) is 4.98 Å². The van der Waals surface area contributed by atoms with Crippen LogP contribution < -0.4 is 15.3 Å². The van der Waals surface area contributed by atoms with Crippen LogP contribution in [0, 0.1) is 11.3 Å². The van der Waals surface area contributed by atoms with E-state index in [0.717, 1.165) is 5.56 Å². The second-order valence-corrected chi connectivity index (χ2v) is 6.59. The van der Waals surface area contributed by atoms with Gasteiger partial charge in [0.1, 0.15) is 24.6 Å². The number of benzene rings is 1. The molecule has 0 saturated carbocycles. The van der Waals surface area contributed by atoms with Gasteiger partial charge in [-0.15, -0.1) is 0 Å². The number of nitrogen functional groups attached to an aromatic ring is 1. The van der Waals surface area contributed by atoms with Crippen molar-refractivity contribution < 1.29 is 29.6 Å². The summed E-state index contributed by atoms with van der Waals surface area (Å²) in [6, 6.07) is 8.98. The van der Waals surface area contributed by atoms with Gasteiger partial charge in [-0.05, 0) is 17.7 Å². The van der Waals surface area contributed by atoms with Crippen LogP contribution in [0.2, 0.25) is 0 Å². The molecule has 1 aromatic carbocycles. The summed E-state index contributed by atoms with van der Waals surface area (Å²) in [6.45, 7) is -0.233. The number of ether oxygens (including phenoxy) is 1. The predicted octanol–water partition coefficient (Wildman–Crippen LogP) is -1.59. The van der Waals surface area contributed by atoms with Crippen molar-refractivity contribution in [3.8, 4) is 6.07 Å².